The number of carbonyl (C=O) groups excluding carboxylic acids is 1. The van der Waals surface area contributed by atoms with Crippen LogP contribution in [0.15, 0.2) is 30.5 Å². The van der Waals surface area contributed by atoms with E-state index in [1.807, 2.05) is 30.5 Å². The van der Waals surface area contributed by atoms with Gasteiger partial charge in [0.1, 0.15) is 0 Å². The third-order valence-corrected chi connectivity index (χ3v) is 4.10. The van der Waals surface area contributed by atoms with Crippen molar-refractivity contribution in [3.05, 3.63) is 36.0 Å². The Bertz CT molecular complexity index is 633. The molecule has 21 heavy (non-hydrogen) atoms. The largest absolute Gasteiger partial charge is 0.391 e. The fourth-order valence-corrected chi connectivity index (χ4v) is 2.61. The van der Waals surface area contributed by atoms with E-state index in [-0.39, 0.29) is 5.91 Å². The molecule has 0 spiro atoms. The molecule has 2 unspecified atom stereocenters. The molecule has 1 aliphatic carbocycles. The van der Waals surface area contributed by atoms with E-state index >= 15 is 0 Å². The molecule has 1 amide bonds. The number of aromatic nitrogens is 1. The van der Waals surface area contributed by atoms with Crippen molar-refractivity contribution in [1.29, 1.82) is 0 Å². The van der Waals surface area contributed by atoms with Gasteiger partial charge in [0.05, 0.1) is 12.1 Å². The fraction of sp³-hybridized carbons (Fsp3) is 0.438. The Hall–Kier alpha value is -1.85. The summed E-state index contributed by atoms with van der Waals surface area (Å²) in [4.78, 5) is 15.2. The van der Waals surface area contributed by atoms with Gasteiger partial charge in [0.2, 0.25) is 5.91 Å². The third kappa shape index (κ3) is 3.25. The summed E-state index contributed by atoms with van der Waals surface area (Å²) in [5.41, 5.74) is 8.05. The minimum atomic E-state index is -0.601. The van der Waals surface area contributed by atoms with Gasteiger partial charge in [-0.15, -0.1) is 0 Å². The number of carbonyl (C=O) groups is 1. The average molecular weight is 287 g/mol. The molecule has 1 heterocycles. The number of nitrogens with two attached hydrogens (primary N) is 1. The van der Waals surface area contributed by atoms with Crippen molar-refractivity contribution < 1.29 is 9.90 Å². The van der Waals surface area contributed by atoms with E-state index in [1.165, 1.54) is 0 Å². The number of aromatic amines is 1. The highest BCUT2D eigenvalue weighted by atomic mass is 16.3. The zero-order chi connectivity index (χ0) is 14.8. The molecule has 0 bridgehead atoms. The normalized spacial score (nSPS) is 17.6. The van der Waals surface area contributed by atoms with E-state index in [0.717, 1.165) is 29.3 Å². The van der Waals surface area contributed by atoms with Gasteiger partial charge in [0, 0.05) is 23.6 Å². The summed E-state index contributed by atoms with van der Waals surface area (Å²) >= 11 is 0. The Morgan fingerprint density at radius 3 is 2.95 bits per heavy atom. The Morgan fingerprint density at radius 1 is 1.43 bits per heavy atom. The Labute approximate surface area is 123 Å². The molecule has 2 atom stereocenters. The van der Waals surface area contributed by atoms with Crippen LogP contribution in [0, 0.1) is 5.92 Å². The third-order valence-electron chi connectivity index (χ3n) is 4.10. The van der Waals surface area contributed by atoms with Gasteiger partial charge >= 0.3 is 0 Å². The standard InChI is InChI=1S/C16H21N3O2/c17-13(16(21)19-9-15(20)10-5-6-10)7-11-8-18-14-4-2-1-3-12(11)14/h1-4,8,10,13,15,18,20H,5-7,9,17H2,(H,19,21). The first-order valence-corrected chi connectivity index (χ1v) is 7.41. The smallest absolute Gasteiger partial charge is 0.237 e. The van der Waals surface area contributed by atoms with Gasteiger partial charge in [-0.25, -0.2) is 0 Å². The van der Waals surface area contributed by atoms with Gasteiger partial charge < -0.3 is 21.1 Å². The molecule has 5 N–H and O–H groups in total. The van der Waals surface area contributed by atoms with Crippen LogP contribution < -0.4 is 11.1 Å². The Balaban J connectivity index is 1.57. The van der Waals surface area contributed by atoms with Gasteiger partial charge in [0.25, 0.3) is 0 Å². The number of hydrogen-bond donors (Lipinski definition) is 4. The lowest BCUT2D eigenvalue weighted by atomic mass is 10.0. The summed E-state index contributed by atoms with van der Waals surface area (Å²) in [6, 6.07) is 7.35. The quantitative estimate of drug-likeness (QED) is 0.637. The molecule has 1 fully saturated rings. The molecule has 1 aliphatic rings. The highest BCUT2D eigenvalue weighted by molar-refractivity contribution is 5.86. The predicted molar refractivity (Wildman–Crippen MR) is 81.7 cm³/mol. The van der Waals surface area contributed by atoms with Crippen LogP contribution in [-0.2, 0) is 11.2 Å². The van der Waals surface area contributed by atoms with Crippen molar-refractivity contribution >= 4 is 16.8 Å². The number of aliphatic hydroxyl groups excluding tert-OH is 1. The van der Waals surface area contributed by atoms with Crippen molar-refractivity contribution in [3.8, 4) is 0 Å². The maximum Gasteiger partial charge on any atom is 0.237 e. The lowest BCUT2D eigenvalue weighted by Crippen LogP contribution is -2.44. The molecule has 0 radical (unpaired) electrons. The molecule has 1 aromatic carbocycles. The summed E-state index contributed by atoms with van der Waals surface area (Å²) in [6.07, 6.45) is 4.05. The average Bonchev–Trinajstić information content (AvgIpc) is 3.27. The maximum absolute atomic E-state index is 12.0. The number of hydrogen-bond acceptors (Lipinski definition) is 3. The SMILES string of the molecule is NC(Cc1c[nH]c2ccccc12)C(=O)NCC(O)C1CC1. The maximum atomic E-state index is 12.0. The van der Waals surface area contributed by atoms with Gasteiger partial charge in [-0.2, -0.15) is 0 Å². The van der Waals surface area contributed by atoms with Crippen LogP contribution in [0.5, 0.6) is 0 Å². The number of amides is 1. The number of para-hydroxylation sites is 1. The lowest BCUT2D eigenvalue weighted by molar-refractivity contribution is -0.122. The number of nitrogens with one attached hydrogen (secondary N) is 2. The van der Waals surface area contributed by atoms with E-state index in [1.54, 1.807) is 0 Å². The van der Waals surface area contributed by atoms with Crippen LogP contribution in [0.2, 0.25) is 0 Å². The minimum Gasteiger partial charge on any atom is -0.391 e. The van der Waals surface area contributed by atoms with E-state index in [2.05, 4.69) is 10.3 Å². The van der Waals surface area contributed by atoms with Crippen LogP contribution in [-0.4, -0.2) is 34.7 Å². The Morgan fingerprint density at radius 2 is 2.19 bits per heavy atom. The van der Waals surface area contributed by atoms with Gasteiger partial charge in [0.15, 0.2) is 0 Å². The molecule has 5 heteroatoms. The predicted octanol–water partition coefficient (Wildman–Crippen LogP) is 0.925. The highest BCUT2D eigenvalue weighted by Crippen LogP contribution is 2.32. The number of aliphatic hydroxyl groups is 1. The number of rotatable bonds is 6. The second-order valence-corrected chi connectivity index (χ2v) is 5.82. The van der Waals surface area contributed by atoms with E-state index in [4.69, 9.17) is 5.73 Å². The first kappa shape index (κ1) is 14.1. The van der Waals surface area contributed by atoms with Crippen molar-refractivity contribution in [1.82, 2.24) is 10.3 Å². The molecule has 0 aliphatic heterocycles. The van der Waals surface area contributed by atoms with E-state index in [9.17, 15) is 9.90 Å². The van der Waals surface area contributed by atoms with Crippen molar-refractivity contribution in [2.24, 2.45) is 11.7 Å². The first-order valence-electron chi connectivity index (χ1n) is 7.41. The summed E-state index contributed by atoms with van der Waals surface area (Å²) in [7, 11) is 0. The molecular formula is C16H21N3O2. The number of fused-ring (bicyclic) bond motifs is 1. The first-order chi connectivity index (χ1) is 10.1. The van der Waals surface area contributed by atoms with Crippen LogP contribution in [0.4, 0.5) is 0 Å². The van der Waals surface area contributed by atoms with Gasteiger partial charge in [-0.1, -0.05) is 18.2 Å². The summed E-state index contributed by atoms with van der Waals surface area (Å²) in [5.74, 6) is 0.148. The second-order valence-electron chi connectivity index (χ2n) is 5.82. The molecule has 112 valence electrons. The summed E-state index contributed by atoms with van der Waals surface area (Å²) in [6.45, 7) is 0.297. The van der Waals surface area contributed by atoms with Crippen molar-refractivity contribution in [3.63, 3.8) is 0 Å². The van der Waals surface area contributed by atoms with Crippen LogP contribution in [0.25, 0.3) is 10.9 Å². The molecule has 3 rings (SSSR count). The molecule has 1 aromatic heterocycles. The summed E-state index contributed by atoms with van der Waals surface area (Å²) in [5, 5.41) is 13.6. The topological polar surface area (TPSA) is 91.1 Å². The number of benzene rings is 1. The van der Waals surface area contributed by atoms with Crippen molar-refractivity contribution in [2.75, 3.05) is 6.54 Å². The van der Waals surface area contributed by atoms with Gasteiger partial charge in [-0.3, -0.25) is 4.79 Å². The molecule has 5 nitrogen and oxygen atoms in total. The molecule has 0 saturated heterocycles. The van der Waals surface area contributed by atoms with Gasteiger partial charge in [-0.05, 0) is 36.8 Å². The van der Waals surface area contributed by atoms with Crippen molar-refractivity contribution in [2.45, 2.75) is 31.4 Å². The second kappa shape index (κ2) is 5.87. The van der Waals surface area contributed by atoms with Crippen LogP contribution in [0.3, 0.4) is 0 Å². The monoisotopic (exact) mass is 287 g/mol. The van der Waals surface area contributed by atoms with Crippen LogP contribution >= 0.6 is 0 Å². The minimum absolute atomic E-state index is 0.208. The Kier molecular flexibility index (Phi) is 3.94. The van der Waals surface area contributed by atoms with Crippen LogP contribution in [0.1, 0.15) is 18.4 Å². The lowest BCUT2D eigenvalue weighted by Gasteiger charge is -2.14. The molecular weight excluding hydrogens is 266 g/mol. The number of H-pyrrole nitrogens is 1. The van der Waals surface area contributed by atoms with E-state index < -0.39 is 12.1 Å². The zero-order valence-electron chi connectivity index (χ0n) is 11.9. The molecule has 1 saturated carbocycles. The zero-order valence-corrected chi connectivity index (χ0v) is 11.9. The van der Waals surface area contributed by atoms with E-state index in [0.29, 0.717) is 18.9 Å². The fourth-order valence-electron chi connectivity index (χ4n) is 2.61. The highest BCUT2D eigenvalue weighted by Gasteiger charge is 2.30. The molecule has 2 aromatic rings. The summed E-state index contributed by atoms with van der Waals surface area (Å²) < 4.78 is 0.